The van der Waals surface area contributed by atoms with Crippen LogP contribution < -0.4 is 0 Å². The Labute approximate surface area is 113 Å². The van der Waals surface area contributed by atoms with E-state index < -0.39 is 22.0 Å². The summed E-state index contributed by atoms with van der Waals surface area (Å²) in [6.45, 7) is 1.30. The maximum absolute atomic E-state index is 12.4. The van der Waals surface area contributed by atoms with Gasteiger partial charge in [-0.1, -0.05) is 6.07 Å². The molecule has 0 aliphatic heterocycles. The van der Waals surface area contributed by atoms with Crippen LogP contribution in [0.4, 0.5) is 0 Å². The van der Waals surface area contributed by atoms with Crippen LogP contribution in [0, 0.1) is 0 Å². The summed E-state index contributed by atoms with van der Waals surface area (Å²) in [5, 5.41) is 8.90. The number of benzene rings is 1. The largest absolute Gasteiger partial charge is 0.480 e. The molecule has 2 rings (SSSR count). The highest BCUT2D eigenvalue weighted by Crippen LogP contribution is 2.24. The number of rotatable bonds is 4. The Balaban J connectivity index is 2.56. The molecule has 0 saturated heterocycles. The first-order valence-electron chi connectivity index (χ1n) is 5.28. The van der Waals surface area contributed by atoms with Gasteiger partial charge in [-0.15, -0.1) is 0 Å². The van der Waals surface area contributed by atoms with Gasteiger partial charge in [0.1, 0.15) is 22.0 Å². The Hall–Kier alpha value is -1.58. The fraction of sp³-hybridized carbons (Fsp3) is 0.300. The molecule has 1 aromatic carbocycles. The van der Waals surface area contributed by atoms with E-state index in [1.165, 1.54) is 20.0 Å². The topological polar surface area (TPSA) is 100 Å². The summed E-state index contributed by atoms with van der Waals surface area (Å²) in [7, 11) is -2.69. The van der Waals surface area contributed by atoms with Gasteiger partial charge >= 0.3 is 5.97 Å². The zero-order valence-corrected chi connectivity index (χ0v) is 11.8. The number of carboxylic acid groups (broad SMARTS) is 1. The van der Waals surface area contributed by atoms with Gasteiger partial charge in [-0.2, -0.15) is 13.1 Å². The third-order valence-electron chi connectivity index (χ3n) is 2.81. The number of hydrogen-bond acceptors (Lipinski definition) is 6. The molecule has 102 valence electrons. The molecule has 0 radical (unpaired) electrons. The van der Waals surface area contributed by atoms with Gasteiger partial charge in [-0.25, -0.2) is 8.42 Å². The lowest BCUT2D eigenvalue weighted by Crippen LogP contribution is -2.40. The zero-order chi connectivity index (χ0) is 14.2. The summed E-state index contributed by atoms with van der Waals surface area (Å²) in [4.78, 5) is 10.9. The van der Waals surface area contributed by atoms with Crippen LogP contribution in [-0.2, 0) is 14.8 Å². The molecule has 0 saturated carbocycles. The Kier molecular flexibility index (Phi) is 3.52. The second-order valence-corrected chi connectivity index (χ2v) is 6.42. The highest BCUT2D eigenvalue weighted by molar-refractivity contribution is 7.89. The van der Waals surface area contributed by atoms with E-state index in [0.717, 1.165) is 16.0 Å². The molecule has 0 amide bonds. The smallest absolute Gasteiger partial charge is 0.321 e. The van der Waals surface area contributed by atoms with Gasteiger partial charge in [0.05, 0.1) is 11.7 Å². The first kappa shape index (κ1) is 13.8. The fourth-order valence-electron chi connectivity index (χ4n) is 1.51. The molecule has 2 aromatic rings. The van der Waals surface area contributed by atoms with Crippen molar-refractivity contribution in [2.24, 2.45) is 0 Å². The Morgan fingerprint density at radius 2 is 2.11 bits per heavy atom. The zero-order valence-electron chi connectivity index (χ0n) is 10.1. The minimum absolute atomic E-state index is 0.0330. The van der Waals surface area contributed by atoms with Gasteiger partial charge in [-0.3, -0.25) is 4.79 Å². The van der Waals surface area contributed by atoms with E-state index in [-0.39, 0.29) is 10.4 Å². The SMILES string of the molecule is CC(C(=O)O)N(C)S(=O)(=O)c1cccc2nsnc12. The van der Waals surface area contributed by atoms with Crippen molar-refractivity contribution < 1.29 is 18.3 Å². The van der Waals surface area contributed by atoms with Crippen LogP contribution in [0.15, 0.2) is 23.1 Å². The van der Waals surface area contributed by atoms with Crippen LogP contribution in [0.3, 0.4) is 0 Å². The molecular formula is C10H11N3O4S2. The van der Waals surface area contributed by atoms with E-state index in [2.05, 4.69) is 8.75 Å². The van der Waals surface area contributed by atoms with Crippen molar-refractivity contribution in [3.8, 4) is 0 Å². The summed E-state index contributed by atoms with van der Waals surface area (Å²) in [6.07, 6.45) is 0. The molecule has 0 fully saturated rings. The third kappa shape index (κ3) is 2.31. The first-order valence-corrected chi connectivity index (χ1v) is 7.45. The molecule has 0 aliphatic rings. The Morgan fingerprint density at radius 1 is 1.42 bits per heavy atom. The van der Waals surface area contributed by atoms with E-state index in [0.29, 0.717) is 5.52 Å². The molecule has 9 heteroatoms. The van der Waals surface area contributed by atoms with Gasteiger partial charge in [0.2, 0.25) is 10.0 Å². The van der Waals surface area contributed by atoms with Crippen molar-refractivity contribution in [3.63, 3.8) is 0 Å². The summed E-state index contributed by atoms with van der Waals surface area (Å²) >= 11 is 0.910. The lowest BCUT2D eigenvalue weighted by molar-refractivity contribution is -0.140. The van der Waals surface area contributed by atoms with E-state index in [1.54, 1.807) is 12.1 Å². The van der Waals surface area contributed by atoms with Crippen molar-refractivity contribution in [2.75, 3.05) is 7.05 Å². The minimum Gasteiger partial charge on any atom is -0.480 e. The normalized spacial score (nSPS) is 13.8. The van der Waals surface area contributed by atoms with Gasteiger partial charge in [0.25, 0.3) is 0 Å². The van der Waals surface area contributed by atoms with Gasteiger partial charge in [-0.05, 0) is 19.1 Å². The van der Waals surface area contributed by atoms with Crippen molar-refractivity contribution in [1.29, 1.82) is 0 Å². The number of hydrogen-bond donors (Lipinski definition) is 1. The van der Waals surface area contributed by atoms with E-state index in [9.17, 15) is 13.2 Å². The van der Waals surface area contributed by atoms with Crippen molar-refractivity contribution in [2.45, 2.75) is 17.9 Å². The lowest BCUT2D eigenvalue weighted by Gasteiger charge is -2.20. The average Bonchev–Trinajstić information content (AvgIpc) is 2.84. The molecule has 1 unspecified atom stereocenters. The summed E-state index contributed by atoms with van der Waals surface area (Å²) < 4.78 is 33.5. The standard InChI is InChI=1S/C10H11N3O4S2/c1-6(10(14)15)13(2)19(16,17)8-5-3-4-7-9(8)12-18-11-7/h3-6H,1-2H3,(H,14,15). The molecular weight excluding hydrogens is 290 g/mol. The van der Waals surface area contributed by atoms with Crippen LogP contribution in [0.5, 0.6) is 0 Å². The number of fused-ring (bicyclic) bond motifs is 1. The second-order valence-electron chi connectivity index (χ2n) is 3.92. The van der Waals surface area contributed by atoms with Gasteiger partial charge in [0, 0.05) is 7.05 Å². The Morgan fingerprint density at radius 3 is 2.74 bits per heavy atom. The first-order chi connectivity index (χ1) is 8.85. The van der Waals surface area contributed by atoms with E-state index in [1.807, 2.05) is 0 Å². The highest BCUT2D eigenvalue weighted by atomic mass is 32.2. The summed E-state index contributed by atoms with van der Waals surface area (Å²) in [5.74, 6) is -1.21. The average molecular weight is 301 g/mol. The van der Waals surface area contributed by atoms with Crippen LogP contribution in [0.1, 0.15) is 6.92 Å². The summed E-state index contributed by atoms with van der Waals surface area (Å²) in [5.41, 5.74) is 0.736. The minimum atomic E-state index is -3.92. The van der Waals surface area contributed by atoms with E-state index >= 15 is 0 Å². The number of aliphatic carboxylic acids is 1. The van der Waals surface area contributed by atoms with Crippen molar-refractivity contribution >= 4 is 38.8 Å². The number of nitrogens with zero attached hydrogens (tertiary/aromatic N) is 3. The van der Waals surface area contributed by atoms with Crippen LogP contribution in [0.2, 0.25) is 0 Å². The number of sulfonamides is 1. The van der Waals surface area contributed by atoms with Crippen LogP contribution in [0.25, 0.3) is 11.0 Å². The number of carboxylic acids is 1. The van der Waals surface area contributed by atoms with Crippen LogP contribution in [-0.4, -0.2) is 45.6 Å². The fourth-order valence-corrected chi connectivity index (χ4v) is 3.58. The molecule has 0 bridgehead atoms. The molecule has 1 heterocycles. The maximum Gasteiger partial charge on any atom is 0.321 e. The third-order valence-corrected chi connectivity index (χ3v) is 5.31. The second kappa shape index (κ2) is 4.83. The quantitative estimate of drug-likeness (QED) is 0.896. The maximum atomic E-state index is 12.4. The molecule has 1 atom stereocenters. The van der Waals surface area contributed by atoms with Crippen molar-refractivity contribution in [3.05, 3.63) is 18.2 Å². The highest BCUT2D eigenvalue weighted by Gasteiger charge is 2.31. The number of likely N-dealkylation sites (N-methyl/N-ethyl adjacent to an activating group) is 1. The number of carbonyl (C=O) groups is 1. The van der Waals surface area contributed by atoms with Gasteiger partial charge < -0.3 is 5.11 Å². The van der Waals surface area contributed by atoms with Gasteiger partial charge in [0.15, 0.2) is 0 Å². The Bertz CT molecular complexity index is 725. The molecule has 1 N–H and O–H groups in total. The monoisotopic (exact) mass is 301 g/mol. The number of aromatic nitrogens is 2. The lowest BCUT2D eigenvalue weighted by atomic mass is 10.3. The summed E-state index contributed by atoms with van der Waals surface area (Å²) in [6, 6.07) is 3.44. The van der Waals surface area contributed by atoms with E-state index in [4.69, 9.17) is 5.11 Å². The van der Waals surface area contributed by atoms with Crippen molar-refractivity contribution in [1.82, 2.24) is 13.1 Å². The van der Waals surface area contributed by atoms with Crippen LogP contribution >= 0.6 is 11.7 Å². The molecule has 0 aliphatic carbocycles. The predicted octanol–water partition coefficient (Wildman–Crippen LogP) is 0.785. The molecule has 19 heavy (non-hydrogen) atoms. The molecule has 1 aromatic heterocycles. The molecule has 7 nitrogen and oxygen atoms in total. The molecule has 0 spiro atoms. The predicted molar refractivity (Wildman–Crippen MR) is 69.5 cm³/mol.